The molecule has 1 aromatic heterocycles. The number of anilines is 1. The van der Waals surface area contributed by atoms with Gasteiger partial charge in [-0.3, -0.25) is 0 Å². The Morgan fingerprint density at radius 1 is 0.900 bits per heavy atom. The molecule has 3 aromatic rings. The lowest BCUT2D eigenvalue weighted by Gasteiger charge is -2.37. The molecule has 158 valence electrons. The van der Waals surface area contributed by atoms with Crippen molar-refractivity contribution in [2.45, 2.75) is 78.4 Å². The van der Waals surface area contributed by atoms with Crippen molar-refractivity contribution >= 4 is 5.69 Å². The summed E-state index contributed by atoms with van der Waals surface area (Å²) in [5, 5.41) is 9.34. The maximum atomic E-state index is 4.70. The minimum atomic E-state index is 0.302. The summed E-state index contributed by atoms with van der Waals surface area (Å²) in [6, 6.07) is 18.5. The highest BCUT2D eigenvalue weighted by Gasteiger charge is 2.29. The van der Waals surface area contributed by atoms with Crippen LogP contribution < -0.4 is 4.90 Å². The van der Waals surface area contributed by atoms with Crippen LogP contribution in [0.4, 0.5) is 5.69 Å². The summed E-state index contributed by atoms with van der Waals surface area (Å²) in [6.45, 7) is 9.95. The molecule has 4 rings (SSSR count). The summed E-state index contributed by atoms with van der Waals surface area (Å²) in [5.74, 6) is 0. The Labute approximate surface area is 180 Å². The van der Waals surface area contributed by atoms with Crippen molar-refractivity contribution in [3.05, 3.63) is 54.1 Å². The van der Waals surface area contributed by atoms with E-state index in [1.165, 1.54) is 48.1 Å². The van der Waals surface area contributed by atoms with Gasteiger partial charge in [0.1, 0.15) is 5.69 Å². The molecule has 0 bridgehead atoms. The van der Waals surface area contributed by atoms with Crippen LogP contribution in [0.2, 0.25) is 0 Å². The zero-order valence-electron chi connectivity index (χ0n) is 18.8. The topological polar surface area (TPSA) is 34.0 Å². The van der Waals surface area contributed by atoms with Gasteiger partial charge in [-0.2, -0.15) is 0 Å². The van der Waals surface area contributed by atoms with E-state index in [-0.39, 0.29) is 0 Å². The number of hydrogen-bond donors (Lipinski definition) is 0. The SMILES string of the molecule is CCCC(CCC)N1Cc2ccccc2-c2nnn(C(C)CC)c2-c2ccccc21. The minimum Gasteiger partial charge on any atom is -0.364 e. The highest BCUT2D eigenvalue weighted by Crippen LogP contribution is 2.43. The normalized spacial score (nSPS) is 14.0. The maximum absolute atomic E-state index is 4.70. The molecule has 2 aromatic carbocycles. The standard InChI is InChI=1S/C26H34N4/c1-5-12-21(13-6-2)29-18-20-14-8-9-15-22(20)25-26(23-16-10-11-17-24(23)29)30(28-27-25)19(4)7-3/h8-11,14-17,19,21H,5-7,12-13,18H2,1-4H3. The number of benzene rings is 2. The van der Waals surface area contributed by atoms with Crippen LogP contribution in [0.1, 0.15) is 71.4 Å². The number of nitrogens with zero attached hydrogens (tertiary/aromatic N) is 4. The van der Waals surface area contributed by atoms with Crippen LogP contribution in [0.25, 0.3) is 22.5 Å². The third kappa shape index (κ3) is 3.64. The van der Waals surface area contributed by atoms with Crippen molar-refractivity contribution < 1.29 is 0 Å². The van der Waals surface area contributed by atoms with Gasteiger partial charge in [0, 0.05) is 29.4 Å². The van der Waals surface area contributed by atoms with E-state index in [2.05, 4.69) is 91.0 Å². The van der Waals surface area contributed by atoms with Crippen LogP contribution in [0.15, 0.2) is 48.5 Å². The van der Waals surface area contributed by atoms with E-state index < -0.39 is 0 Å². The first kappa shape index (κ1) is 20.6. The van der Waals surface area contributed by atoms with Crippen LogP contribution in [-0.4, -0.2) is 21.0 Å². The van der Waals surface area contributed by atoms with E-state index in [1.54, 1.807) is 0 Å². The molecule has 4 heteroatoms. The third-order valence-corrected chi connectivity index (χ3v) is 6.47. The van der Waals surface area contributed by atoms with Crippen LogP contribution in [0.5, 0.6) is 0 Å². The number of hydrogen-bond acceptors (Lipinski definition) is 3. The van der Waals surface area contributed by atoms with Crippen molar-refractivity contribution in [3.8, 4) is 22.5 Å². The maximum Gasteiger partial charge on any atom is 0.121 e. The van der Waals surface area contributed by atoms with E-state index in [9.17, 15) is 0 Å². The highest BCUT2D eigenvalue weighted by molar-refractivity contribution is 5.88. The average Bonchev–Trinajstić information content (AvgIpc) is 3.20. The first-order chi connectivity index (χ1) is 14.7. The van der Waals surface area contributed by atoms with E-state index in [1.807, 2.05) is 0 Å². The number of para-hydroxylation sites is 1. The summed E-state index contributed by atoms with van der Waals surface area (Å²) >= 11 is 0. The van der Waals surface area contributed by atoms with Crippen molar-refractivity contribution in [2.75, 3.05) is 4.90 Å². The average molecular weight is 403 g/mol. The van der Waals surface area contributed by atoms with Crippen LogP contribution in [0.3, 0.4) is 0 Å². The van der Waals surface area contributed by atoms with Crippen LogP contribution >= 0.6 is 0 Å². The Kier molecular flexibility index (Phi) is 6.21. The van der Waals surface area contributed by atoms with Gasteiger partial charge in [-0.25, -0.2) is 4.68 Å². The van der Waals surface area contributed by atoms with Gasteiger partial charge in [0.2, 0.25) is 0 Å². The molecule has 0 aliphatic carbocycles. The molecule has 0 radical (unpaired) electrons. The second-order valence-electron chi connectivity index (χ2n) is 8.52. The largest absolute Gasteiger partial charge is 0.364 e. The van der Waals surface area contributed by atoms with E-state index >= 15 is 0 Å². The van der Waals surface area contributed by atoms with Gasteiger partial charge < -0.3 is 4.90 Å². The van der Waals surface area contributed by atoms with Crippen LogP contribution in [-0.2, 0) is 6.54 Å². The van der Waals surface area contributed by atoms with Crippen molar-refractivity contribution in [2.24, 2.45) is 0 Å². The number of rotatable bonds is 7. The fourth-order valence-corrected chi connectivity index (χ4v) is 4.74. The molecule has 30 heavy (non-hydrogen) atoms. The van der Waals surface area contributed by atoms with Crippen LogP contribution in [0, 0.1) is 0 Å². The second kappa shape index (κ2) is 9.03. The lowest BCUT2D eigenvalue weighted by atomic mass is 9.93. The third-order valence-electron chi connectivity index (χ3n) is 6.47. The molecule has 0 N–H and O–H groups in total. The van der Waals surface area contributed by atoms with Gasteiger partial charge in [0.15, 0.2) is 0 Å². The Morgan fingerprint density at radius 3 is 2.27 bits per heavy atom. The molecule has 0 saturated carbocycles. The summed E-state index contributed by atoms with van der Waals surface area (Å²) in [4.78, 5) is 2.65. The first-order valence-corrected chi connectivity index (χ1v) is 11.6. The highest BCUT2D eigenvalue weighted by atomic mass is 15.4. The van der Waals surface area contributed by atoms with Gasteiger partial charge in [-0.05, 0) is 37.8 Å². The summed E-state index contributed by atoms with van der Waals surface area (Å²) in [5.41, 5.74) is 7.29. The minimum absolute atomic E-state index is 0.302. The Bertz CT molecular complexity index is 984. The molecule has 1 aliphatic rings. The smallest absolute Gasteiger partial charge is 0.121 e. The fraction of sp³-hybridized carbons (Fsp3) is 0.462. The molecule has 2 heterocycles. The Balaban J connectivity index is 2.00. The molecular weight excluding hydrogens is 368 g/mol. The zero-order chi connectivity index (χ0) is 21.1. The predicted octanol–water partition coefficient (Wildman–Crippen LogP) is 6.87. The molecule has 4 nitrogen and oxygen atoms in total. The van der Waals surface area contributed by atoms with Gasteiger partial charge in [0.05, 0.1) is 11.7 Å². The van der Waals surface area contributed by atoms with Gasteiger partial charge in [-0.1, -0.05) is 81.3 Å². The fourth-order valence-electron chi connectivity index (χ4n) is 4.74. The second-order valence-corrected chi connectivity index (χ2v) is 8.52. The van der Waals surface area contributed by atoms with E-state index in [4.69, 9.17) is 5.10 Å². The quantitative estimate of drug-likeness (QED) is 0.432. The molecule has 0 saturated heterocycles. The molecule has 0 spiro atoms. The van der Waals surface area contributed by atoms with Crippen molar-refractivity contribution in [1.82, 2.24) is 15.0 Å². The van der Waals surface area contributed by atoms with Gasteiger partial charge in [0.25, 0.3) is 0 Å². The van der Waals surface area contributed by atoms with Crippen molar-refractivity contribution in [1.29, 1.82) is 0 Å². The molecular formula is C26H34N4. The van der Waals surface area contributed by atoms with E-state index in [0.29, 0.717) is 12.1 Å². The lowest BCUT2D eigenvalue weighted by Crippen LogP contribution is -2.36. The monoisotopic (exact) mass is 402 g/mol. The molecule has 1 unspecified atom stereocenters. The molecule has 0 amide bonds. The summed E-state index contributed by atoms with van der Waals surface area (Å²) in [6.07, 6.45) is 5.84. The Hall–Kier alpha value is -2.62. The zero-order valence-corrected chi connectivity index (χ0v) is 18.8. The lowest BCUT2D eigenvalue weighted by molar-refractivity contribution is 0.468. The summed E-state index contributed by atoms with van der Waals surface area (Å²) in [7, 11) is 0. The first-order valence-electron chi connectivity index (χ1n) is 11.6. The number of aromatic nitrogens is 3. The van der Waals surface area contributed by atoms with Gasteiger partial charge in [-0.15, -0.1) is 5.10 Å². The Morgan fingerprint density at radius 2 is 1.57 bits per heavy atom. The molecule has 1 aliphatic heterocycles. The predicted molar refractivity (Wildman–Crippen MR) is 126 cm³/mol. The molecule has 1 atom stereocenters. The van der Waals surface area contributed by atoms with E-state index in [0.717, 1.165) is 24.4 Å². The van der Waals surface area contributed by atoms with Crippen molar-refractivity contribution in [3.63, 3.8) is 0 Å². The van der Waals surface area contributed by atoms with Gasteiger partial charge >= 0.3 is 0 Å². The summed E-state index contributed by atoms with van der Waals surface area (Å²) < 4.78 is 2.14. The molecule has 0 fully saturated rings. The number of fused-ring (bicyclic) bond motifs is 5.